The van der Waals surface area contributed by atoms with E-state index in [1.54, 1.807) is 12.1 Å². The zero-order valence-corrected chi connectivity index (χ0v) is 13.4. The highest BCUT2D eigenvalue weighted by atomic mass is 19.1. The minimum atomic E-state index is -0.575. The molecule has 1 heterocycles. The third kappa shape index (κ3) is 3.53. The quantitative estimate of drug-likeness (QED) is 0.912. The van der Waals surface area contributed by atoms with E-state index >= 15 is 0 Å². The molecule has 1 fully saturated rings. The Bertz CT molecular complexity index is 727. The Morgan fingerprint density at radius 1 is 1.25 bits per heavy atom. The minimum Gasteiger partial charge on any atom is -0.475 e. The average molecular weight is 332 g/mol. The van der Waals surface area contributed by atoms with Gasteiger partial charge < -0.3 is 10.1 Å². The third-order valence-electron chi connectivity index (χ3n) is 3.83. The predicted octanol–water partition coefficient (Wildman–Crippen LogP) is 3.43. The maximum Gasteiger partial charge on any atom is 0.253 e. The molecule has 2 aromatic rings. The highest BCUT2D eigenvalue weighted by molar-refractivity contribution is 5.94. The van der Waals surface area contributed by atoms with E-state index in [1.165, 1.54) is 24.4 Å². The largest absolute Gasteiger partial charge is 0.475 e. The second-order valence-electron chi connectivity index (χ2n) is 6.11. The molecule has 1 aliphatic rings. The van der Waals surface area contributed by atoms with Crippen LogP contribution in [0, 0.1) is 11.6 Å². The summed E-state index contributed by atoms with van der Waals surface area (Å²) in [6.07, 6.45) is 1.94. The van der Waals surface area contributed by atoms with Gasteiger partial charge in [0.15, 0.2) is 0 Å². The highest BCUT2D eigenvalue weighted by Crippen LogP contribution is 2.43. The Balaban J connectivity index is 1.62. The molecule has 2 atom stereocenters. The van der Waals surface area contributed by atoms with Crippen molar-refractivity contribution in [1.29, 1.82) is 0 Å². The molecule has 0 spiro atoms. The number of nitrogens with zero attached hydrogens (tertiary/aromatic N) is 1. The van der Waals surface area contributed by atoms with Crippen LogP contribution in [0.25, 0.3) is 0 Å². The van der Waals surface area contributed by atoms with Crippen molar-refractivity contribution in [1.82, 2.24) is 10.3 Å². The van der Waals surface area contributed by atoms with E-state index < -0.39 is 11.6 Å². The Kier molecular flexibility index (Phi) is 4.46. The van der Waals surface area contributed by atoms with Crippen molar-refractivity contribution >= 4 is 5.91 Å². The number of nitrogens with one attached hydrogen (secondary N) is 1. The summed E-state index contributed by atoms with van der Waals surface area (Å²) in [5.41, 5.74) is 0.423. The Morgan fingerprint density at radius 3 is 2.54 bits per heavy atom. The van der Waals surface area contributed by atoms with Crippen LogP contribution in [0.1, 0.15) is 42.1 Å². The zero-order chi connectivity index (χ0) is 17.3. The average Bonchev–Trinajstić information content (AvgIpc) is 3.26. The van der Waals surface area contributed by atoms with Gasteiger partial charge in [-0.1, -0.05) is 6.07 Å². The van der Waals surface area contributed by atoms with E-state index in [-0.39, 0.29) is 29.5 Å². The van der Waals surface area contributed by atoms with Crippen molar-refractivity contribution in [2.24, 2.45) is 0 Å². The molecule has 1 amide bonds. The second kappa shape index (κ2) is 6.55. The summed E-state index contributed by atoms with van der Waals surface area (Å²) in [5.74, 6) is -1.35. The van der Waals surface area contributed by atoms with Gasteiger partial charge in [0.25, 0.3) is 5.91 Å². The number of pyridine rings is 1. The molecule has 4 nitrogen and oxygen atoms in total. The molecule has 1 saturated carbocycles. The number of carbonyl (C=O) groups is 1. The van der Waals surface area contributed by atoms with Gasteiger partial charge >= 0.3 is 0 Å². The molecule has 1 aliphatic carbocycles. The fraction of sp³-hybridized carbons (Fsp3) is 0.333. The molecule has 0 radical (unpaired) electrons. The van der Waals surface area contributed by atoms with Crippen molar-refractivity contribution < 1.29 is 18.3 Å². The summed E-state index contributed by atoms with van der Waals surface area (Å²) >= 11 is 0. The smallest absolute Gasteiger partial charge is 0.253 e. The van der Waals surface area contributed by atoms with Crippen molar-refractivity contribution in [3.63, 3.8) is 0 Å². The lowest BCUT2D eigenvalue weighted by molar-refractivity contribution is 0.0949. The number of benzene rings is 1. The van der Waals surface area contributed by atoms with Gasteiger partial charge in [-0.2, -0.15) is 0 Å². The van der Waals surface area contributed by atoms with Gasteiger partial charge in [-0.05, 0) is 38.5 Å². The lowest BCUT2D eigenvalue weighted by Gasteiger charge is -2.09. The molecule has 24 heavy (non-hydrogen) atoms. The molecule has 1 N–H and O–H groups in total. The first kappa shape index (κ1) is 16.4. The molecular formula is C18H18F2N2O2. The van der Waals surface area contributed by atoms with Crippen LogP contribution in [0.3, 0.4) is 0 Å². The lowest BCUT2D eigenvalue weighted by atomic mass is 10.1. The number of ether oxygens (including phenoxy) is 1. The van der Waals surface area contributed by atoms with Crippen LogP contribution in [0.4, 0.5) is 8.78 Å². The zero-order valence-electron chi connectivity index (χ0n) is 13.4. The Labute approximate surface area is 138 Å². The van der Waals surface area contributed by atoms with Gasteiger partial charge in [0.2, 0.25) is 5.88 Å². The van der Waals surface area contributed by atoms with Crippen molar-refractivity contribution in [2.45, 2.75) is 38.3 Å². The first-order valence-electron chi connectivity index (χ1n) is 7.83. The van der Waals surface area contributed by atoms with Gasteiger partial charge in [-0.3, -0.25) is 4.79 Å². The van der Waals surface area contributed by atoms with Crippen LogP contribution in [0.5, 0.6) is 5.88 Å². The molecule has 0 saturated heterocycles. The van der Waals surface area contributed by atoms with Crippen molar-refractivity contribution in [2.75, 3.05) is 0 Å². The monoisotopic (exact) mass is 332 g/mol. The fourth-order valence-electron chi connectivity index (χ4n) is 2.62. The van der Waals surface area contributed by atoms with Crippen LogP contribution in [-0.4, -0.2) is 23.0 Å². The summed E-state index contributed by atoms with van der Waals surface area (Å²) in [6.45, 7) is 3.77. The second-order valence-corrected chi connectivity index (χ2v) is 6.11. The Hall–Kier alpha value is -2.50. The van der Waals surface area contributed by atoms with E-state index in [9.17, 15) is 13.6 Å². The molecule has 0 bridgehead atoms. The number of carbonyl (C=O) groups excluding carboxylic acids is 1. The van der Waals surface area contributed by atoms with Crippen LogP contribution in [-0.2, 0) is 0 Å². The first-order valence-corrected chi connectivity index (χ1v) is 7.83. The molecule has 1 aromatic heterocycles. The topological polar surface area (TPSA) is 51.2 Å². The van der Waals surface area contributed by atoms with Gasteiger partial charge in [0.1, 0.15) is 11.6 Å². The summed E-state index contributed by atoms with van der Waals surface area (Å²) in [6, 6.07) is 6.75. The number of halogens is 2. The van der Waals surface area contributed by atoms with E-state index in [1.807, 2.05) is 13.8 Å². The lowest BCUT2D eigenvalue weighted by Crippen LogP contribution is -2.27. The summed E-state index contributed by atoms with van der Waals surface area (Å²) in [7, 11) is 0. The number of aromatic nitrogens is 1. The van der Waals surface area contributed by atoms with Crippen molar-refractivity contribution in [3.05, 3.63) is 59.3 Å². The standard InChI is InChI=1S/C18H18F2N2O2/c1-10(2)24-16-7-6-11(9-21-16)18(23)22-15-8-12(15)17-13(19)4-3-5-14(17)20/h3-7,9-10,12,15H,8H2,1-2H3,(H,22,23). The third-order valence-corrected chi connectivity index (χ3v) is 3.83. The van der Waals surface area contributed by atoms with E-state index in [0.29, 0.717) is 17.9 Å². The van der Waals surface area contributed by atoms with E-state index in [4.69, 9.17) is 4.74 Å². The molecule has 2 unspecified atom stereocenters. The van der Waals surface area contributed by atoms with Crippen LogP contribution in [0.2, 0.25) is 0 Å². The fourth-order valence-corrected chi connectivity index (χ4v) is 2.62. The number of hydrogen-bond donors (Lipinski definition) is 1. The highest BCUT2D eigenvalue weighted by Gasteiger charge is 2.42. The molecule has 126 valence electrons. The number of amides is 1. The first-order chi connectivity index (χ1) is 11.5. The van der Waals surface area contributed by atoms with Crippen LogP contribution < -0.4 is 10.1 Å². The van der Waals surface area contributed by atoms with Crippen LogP contribution in [0.15, 0.2) is 36.5 Å². The summed E-state index contributed by atoms with van der Waals surface area (Å²) in [5, 5.41) is 2.78. The normalized spacial score (nSPS) is 19.2. The molecule has 3 rings (SSSR count). The predicted molar refractivity (Wildman–Crippen MR) is 85.0 cm³/mol. The van der Waals surface area contributed by atoms with Crippen molar-refractivity contribution in [3.8, 4) is 5.88 Å². The van der Waals surface area contributed by atoms with E-state index in [2.05, 4.69) is 10.3 Å². The minimum absolute atomic E-state index is 0.0000593. The SMILES string of the molecule is CC(C)Oc1ccc(C(=O)NC2CC2c2c(F)cccc2F)cn1. The maximum atomic E-state index is 13.7. The number of hydrogen-bond acceptors (Lipinski definition) is 3. The summed E-state index contributed by atoms with van der Waals surface area (Å²) < 4.78 is 32.9. The molecular weight excluding hydrogens is 314 g/mol. The van der Waals surface area contributed by atoms with Crippen LogP contribution >= 0.6 is 0 Å². The van der Waals surface area contributed by atoms with E-state index in [0.717, 1.165) is 0 Å². The maximum absolute atomic E-state index is 13.7. The molecule has 1 aromatic carbocycles. The number of rotatable bonds is 5. The molecule has 6 heteroatoms. The Morgan fingerprint density at radius 2 is 1.96 bits per heavy atom. The van der Waals surface area contributed by atoms with Gasteiger partial charge in [-0.25, -0.2) is 13.8 Å². The van der Waals surface area contributed by atoms with Gasteiger partial charge in [0, 0.05) is 29.8 Å². The van der Waals surface area contributed by atoms with Gasteiger partial charge in [0.05, 0.1) is 11.7 Å². The summed E-state index contributed by atoms with van der Waals surface area (Å²) in [4.78, 5) is 16.3. The molecule has 0 aliphatic heterocycles. The van der Waals surface area contributed by atoms with Gasteiger partial charge in [-0.15, -0.1) is 0 Å².